The molecule has 4 heteroatoms. The van der Waals surface area contributed by atoms with E-state index in [1.54, 1.807) is 11.8 Å². The number of hydrogen-bond donors (Lipinski definition) is 0. The quantitative estimate of drug-likeness (QED) is 0.581. The van der Waals surface area contributed by atoms with Gasteiger partial charge in [-0.1, -0.05) is 30.4 Å². The Morgan fingerprint density at radius 2 is 2.67 bits per heavy atom. The van der Waals surface area contributed by atoms with Crippen molar-refractivity contribution in [2.45, 2.75) is 6.92 Å². The molecule has 0 bridgehead atoms. The molecule has 9 heavy (non-hydrogen) atoms. The van der Waals surface area contributed by atoms with Crippen LogP contribution in [0.25, 0.3) is 0 Å². The molecule has 1 heterocycles. The average Bonchev–Trinajstić information content (AvgIpc) is 2.17. The summed E-state index contributed by atoms with van der Waals surface area (Å²) in [6.45, 7) is 2.05. The number of carbonyl (C=O) groups is 1. The molecule has 0 aromatic carbocycles. The van der Waals surface area contributed by atoms with Gasteiger partial charge in [-0.15, -0.1) is 0 Å². The van der Waals surface area contributed by atoms with Crippen LogP contribution in [-0.2, 0) is 4.79 Å². The minimum Gasteiger partial charge on any atom is -0.272 e. The predicted molar refractivity (Wildman–Crippen MR) is 43.0 cm³/mol. The van der Waals surface area contributed by atoms with Crippen LogP contribution in [0.15, 0.2) is 4.99 Å². The fraction of sp³-hybridized carbons (Fsp3) is 0.600. The summed E-state index contributed by atoms with van der Waals surface area (Å²) < 4.78 is 0.933. The Labute approximate surface area is 62.5 Å². The summed E-state index contributed by atoms with van der Waals surface area (Å²) >= 11 is 3.17. The smallest absolute Gasteiger partial charge is 0.257 e. The van der Waals surface area contributed by atoms with Gasteiger partial charge < -0.3 is 0 Å². The molecule has 0 atom stereocenters. The van der Waals surface area contributed by atoms with Crippen LogP contribution in [0.1, 0.15) is 6.92 Å². The maximum absolute atomic E-state index is 10.5. The van der Waals surface area contributed by atoms with Gasteiger partial charge in [0.05, 0.1) is 5.75 Å². The first-order chi connectivity index (χ1) is 4.33. The monoisotopic (exact) mass is 161 g/mol. The number of carbonyl (C=O) groups excluding carboxylic acids is 1. The van der Waals surface area contributed by atoms with Gasteiger partial charge in [-0.2, -0.15) is 4.99 Å². The Bertz CT molecular complexity index is 155. The Kier molecular flexibility index (Phi) is 2.60. The predicted octanol–water partition coefficient (Wildman–Crippen LogP) is 1.37. The second-order valence-corrected chi connectivity index (χ2v) is 3.97. The maximum atomic E-state index is 10.5. The molecular formula is C5H7NOS2. The van der Waals surface area contributed by atoms with Crippen molar-refractivity contribution in [3.05, 3.63) is 0 Å². The molecule has 1 aliphatic rings. The summed E-state index contributed by atoms with van der Waals surface area (Å²) in [5.74, 6) is 1.55. The molecule has 0 radical (unpaired) electrons. The van der Waals surface area contributed by atoms with Crippen LogP contribution in [0.5, 0.6) is 0 Å². The summed E-state index contributed by atoms with van der Waals surface area (Å²) in [4.78, 5) is 14.3. The zero-order valence-corrected chi connectivity index (χ0v) is 6.72. The first-order valence-electron chi connectivity index (χ1n) is 2.70. The van der Waals surface area contributed by atoms with Gasteiger partial charge >= 0.3 is 0 Å². The van der Waals surface area contributed by atoms with Gasteiger partial charge in [0.1, 0.15) is 4.38 Å². The van der Waals surface area contributed by atoms with Gasteiger partial charge in [0.15, 0.2) is 0 Å². The highest BCUT2D eigenvalue weighted by Gasteiger charge is 2.13. The second kappa shape index (κ2) is 3.27. The van der Waals surface area contributed by atoms with E-state index >= 15 is 0 Å². The first kappa shape index (κ1) is 7.15. The van der Waals surface area contributed by atoms with Crippen LogP contribution in [0.3, 0.4) is 0 Å². The Balaban J connectivity index is 2.42. The number of thioether (sulfide) groups is 2. The third-order valence-electron chi connectivity index (χ3n) is 0.803. The fourth-order valence-corrected chi connectivity index (χ4v) is 2.24. The van der Waals surface area contributed by atoms with Crippen LogP contribution in [0, 0.1) is 0 Å². The van der Waals surface area contributed by atoms with Gasteiger partial charge in [0, 0.05) is 0 Å². The van der Waals surface area contributed by atoms with Crippen molar-refractivity contribution in [3.8, 4) is 0 Å². The normalized spacial score (nSPS) is 18.3. The van der Waals surface area contributed by atoms with Crippen molar-refractivity contribution in [2.24, 2.45) is 4.99 Å². The van der Waals surface area contributed by atoms with Crippen LogP contribution in [0.2, 0.25) is 0 Å². The lowest BCUT2D eigenvalue weighted by atomic mass is 10.8. The number of amides is 1. The molecule has 0 N–H and O–H groups in total. The highest BCUT2D eigenvalue weighted by Crippen LogP contribution is 2.21. The standard InChI is InChI=1S/C5H7NOS2/c1-2-8-5-6-4(7)3-9-5/h2-3H2,1H3. The average molecular weight is 161 g/mol. The van der Waals surface area contributed by atoms with E-state index in [2.05, 4.69) is 11.9 Å². The minimum absolute atomic E-state index is 0.0101. The van der Waals surface area contributed by atoms with E-state index in [4.69, 9.17) is 0 Å². The topological polar surface area (TPSA) is 29.4 Å². The molecule has 1 amide bonds. The number of aliphatic imine (C=N–C) groups is 1. The third kappa shape index (κ3) is 2.02. The zero-order chi connectivity index (χ0) is 6.69. The molecule has 0 spiro atoms. The second-order valence-electron chi connectivity index (χ2n) is 1.49. The molecular weight excluding hydrogens is 154 g/mol. The lowest BCUT2D eigenvalue weighted by Gasteiger charge is -1.89. The highest BCUT2D eigenvalue weighted by atomic mass is 32.2. The first-order valence-corrected chi connectivity index (χ1v) is 4.67. The number of hydrogen-bond acceptors (Lipinski definition) is 3. The van der Waals surface area contributed by atoms with E-state index in [0.29, 0.717) is 5.75 Å². The summed E-state index contributed by atoms with van der Waals surface area (Å²) in [5.41, 5.74) is 0. The Morgan fingerprint density at radius 1 is 1.89 bits per heavy atom. The van der Waals surface area contributed by atoms with Crippen molar-refractivity contribution in [3.63, 3.8) is 0 Å². The Hall–Kier alpha value is 0.0400. The molecule has 2 nitrogen and oxygen atoms in total. The molecule has 0 unspecified atom stereocenters. The molecule has 0 saturated heterocycles. The lowest BCUT2D eigenvalue weighted by molar-refractivity contribution is -0.115. The molecule has 0 fully saturated rings. The van der Waals surface area contributed by atoms with Crippen LogP contribution < -0.4 is 0 Å². The van der Waals surface area contributed by atoms with E-state index in [1.165, 1.54) is 11.8 Å². The van der Waals surface area contributed by atoms with Crippen LogP contribution in [0.4, 0.5) is 0 Å². The van der Waals surface area contributed by atoms with E-state index in [0.717, 1.165) is 10.1 Å². The molecule has 1 aliphatic heterocycles. The Morgan fingerprint density at radius 3 is 3.11 bits per heavy atom. The van der Waals surface area contributed by atoms with E-state index in [1.807, 2.05) is 0 Å². The van der Waals surface area contributed by atoms with Crippen molar-refractivity contribution in [2.75, 3.05) is 11.5 Å². The van der Waals surface area contributed by atoms with E-state index in [-0.39, 0.29) is 5.91 Å². The minimum atomic E-state index is 0.0101. The lowest BCUT2D eigenvalue weighted by Crippen LogP contribution is -1.86. The third-order valence-corrected chi connectivity index (χ3v) is 2.87. The molecule has 0 saturated carbocycles. The molecule has 50 valence electrons. The summed E-state index contributed by atoms with van der Waals surface area (Å²) in [6.07, 6.45) is 0. The van der Waals surface area contributed by atoms with Gasteiger partial charge in [-0.25, -0.2) is 0 Å². The maximum Gasteiger partial charge on any atom is 0.257 e. The molecule has 0 aliphatic carbocycles. The summed E-state index contributed by atoms with van der Waals surface area (Å²) in [7, 11) is 0. The molecule has 0 aromatic heterocycles. The van der Waals surface area contributed by atoms with Crippen molar-refractivity contribution in [1.82, 2.24) is 0 Å². The van der Waals surface area contributed by atoms with Gasteiger partial charge in [0.25, 0.3) is 5.91 Å². The van der Waals surface area contributed by atoms with Crippen molar-refractivity contribution >= 4 is 33.8 Å². The van der Waals surface area contributed by atoms with E-state index < -0.39 is 0 Å². The summed E-state index contributed by atoms with van der Waals surface area (Å²) in [5, 5.41) is 0. The SMILES string of the molecule is CCSC1=NC(=O)CS1. The van der Waals surface area contributed by atoms with Gasteiger partial charge in [-0.3, -0.25) is 4.79 Å². The van der Waals surface area contributed by atoms with Gasteiger partial charge in [0.2, 0.25) is 0 Å². The van der Waals surface area contributed by atoms with Crippen molar-refractivity contribution < 1.29 is 4.79 Å². The van der Waals surface area contributed by atoms with Crippen LogP contribution >= 0.6 is 23.5 Å². The molecule has 1 rings (SSSR count). The fourth-order valence-electron chi connectivity index (χ4n) is 0.487. The zero-order valence-electron chi connectivity index (χ0n) is 5.09. The highest BCUT2D eigenvalue weighted by molar-refractivity contribution is 8.39. The van der Waals surface area contributed by atoms with Gasteiger partial charge in [-0.05, 0) is 5.75 Å². The largest absolute Gasteiger partial charge is 0.272 e. The van der Waals surface area contributed by atoms with Crippen molar-refractivity contribution in [1.29, 1.82) is 0 Å². The van der Waals surface area contributed by atoms with Crippen LogP contribution in [-0.4, -0.2) is 21.8 Å². The number of nitrogens with zero attached hydrogens (tertiary/aromatic N) is 1. The summed E-state index contributed by atoms with van der Waals surface area (Å²) in [6, 6.07) is 0. The van der Waals surface area contributed by atoms with E-state index in [9.17, 15) is 4.79 Å². The molecule has 0 aromatic rings. The number of rotatable bonds is 1.